The summed E-state index contributed by atoms with van der Waals surface area (Å²) >= 11 is 0. The van der Waals surface area contributed by atoms with Gasteiger partial charge in [-0.15, -0.1) is 0 Å². The molecule has 0 spiro atoms. The van der Waals surface area contributed by atoms with Crippen LogP contribution < -0.4 is 9.64 Å². The van der Waals surface area contributed by atoms with Gasteiger partial charge in [0.15, 0.2) is 0 Å². The molecular weight excluding hydrogens is 558 g/mol. The van der Waals surface area contributed by atoms with Gasteiger partial charge in [-0.05, 0) is 85.6 Å². The molecule has 0 radical (unpaired) electrons. The molecule has 0 heterocycles. The van der Waals surface area contributed by atoms with Gasteiger partial charge in [-0.1, -0.05) is 32.1 Å². The minimum absolute atomic E-state index is 0.202. The van der Waals surface area contributed by atoms with E-state index in [0.29, 0.717) is 32.1 Å². The predicted octanol–water partition coefficient (Wildman–Crippen LogP) is 9.19. The second-order valence-electron chi connectivity index (χ2n) is 10.4. The van der Waals surface area contributed by atoms with Crippen molar-refractivity contribution in [2.24, 2.45) is 20.5 Å². The predicted molar refractivity (Wildman–Crippen MR) is 172 cm³/mol. The minimum Gasteiger partial charge on any atom is -0.494 e. The number of carbonyl (C=O) groups is 2. The van der Waals surface area contributed by atoms with Crippen LogP contribution in [0.3, 0.4) is 0 Å². The van der Waals surface area contributed by atoms with Gasteiger partial charge in [0.1, 0.15) is 12.4 Å². The van der Waals surface area contributed by atoms with Gasteiger partial charge in [0, 0.05) is 26.6 Å². The number of carbonyl (C=O) groups excluding carboxylic acids is 2. The molecule has 0 aliphatic rings. The highest BCUT2D eigenvalue weighted by atomic mass is 16.5. The number of rotatable bonds is 19. The summed E-state index contributed by atoms with van der Waals surface area (Å²) in [4.78, 5) is 23.6. The van der Waals surface area contributed by atoms with Crippen LogP contribution in [-0.4, -0.2) is 45.4 Å². The molecule has 3 aromatic rings. The van der Waals surface area contributed by atoms with E-state index in [1.807, 2.05) is 84.7 Å². The van der Waals surface area contributed by atoms with E-state index in [1.54, 1.807) is 0 Å². The van der Waals surface area contributed by atoms with Crippen molar-refractivity contribution in [1.29, 1.82) is 0 Å². The van der Waals surface area contributed by atoms with E-state index >= 15 is 0 Å². The van der Waals surface area contributed by atoms with Crippen molar-refractivity contribution >= 4 is 40.4 Å². The molecule has 10 nitrogen and oxygen atoms in total. The number of hydrogen-bond donors (Lipinski definition) is 0. The number of ether oxygens (including phenoxy) is 3. The Morgan fingerprint density at radius 1 is 0.545 bits per heavy atom. The smallest absolute Gasteiger partial charge is 0.302 e. The Labute approximate surface area is 260 Å². The molecule has 234 valence electrons. The van der Waals surface area contributed by atoms with E-state index in [9.17, 15) is 9.59 Å². The quantitative estimate of drug-likeness (QED) is 0.0768. The lowest BCUT2D eigenvalue weighted by Crippen LogP contribution is -2.23. The van der Waals surface area contributed by atoms with Gasteiger partial charge in [-0.25, -0.2) is 0 Å². The van der Waals surface area contributed by atoms with Crippen molar-refractivity contribution in [2.75, 3.05) is 38.3 Å². The molecule has 0 aliphatic carbocycles. The van der Waals surface area contributed by atoms with Gasteiger partial charge in [0.25, 0.3) is 0 Å². The van der Waals surface area contributed by atoms with Gasteiger partial charge in [-0.3, -0.25) is 9.59 Å². The Morgan fingerprint density at radius 3 is 1.41 bits per heavy atom. The molecule has 0 amide bonds. The number of hydrogen-bond acceptors (Lipinski definition) is 10. The number of azo groups is 2. The van der Waals surface area contributed by atoms with Crippen LogP contribution in [-0.2, 0) is 19.1 Å². The van der Waals surface area contributed by atoms with Crippen LogP contribution >= 0.6 is 0 Å². The summed E-state index contributed by atoms with van der Waals surface area (Å²) in [6.45, 7) is 5.02. The van der Waals surface area contributed by atoms with Crippen LogP contribution in [0.1, 0.15) is 58.8 Å². The third-order valence-electron chi connectivity index (χ3n) is 6.63. The first-order chi connectivity index (χ1) is 21.4. The second-order valence-corrected chi connectivity index (χ2v) is 10.4. The van der Waals surface area contributed by atoms with Crippen molar-refractivity contribution in [3.63, 3.8) is 0 Å². The average molecular weight is 602 g/mol. The van der Waals surface area contributed by atoms with Gasteiger partial charge in [0.05, 0.1) is 42.5 Å². The summed E-state index contributed by atoms with van der Waals surface area (Å²) < 4.78 is 15.8. The summed E-state index contributed by atoms with van der Waals surface area (Å²) in [7, 11) is 1.94. The summed E-state index contributed by atoms with van der Waals surface area (Å²) in [5, 5.41) is 17.2. The van der Waals surface area contributed by atoms with Gasteiger partial charge in [0.2, 0.25) is 0 Å². The van der Waals surface area contributed by atoms with Crippen LogP contribution in [0.2, 0.25) is 0 Å². The van der Waals surface area contributed by atoms with Gasteiger partial charge in [-0.2, -0.15) is 20.5 Å². The highest BCUT2D eigenvalue weighted by molar-refractivity contribution is 5.66. The zero-order valence-electron chi connectivity index (χ0n) is 26.0. The molecule has 0 unspecified atom stereocenters. The first-order valence-electron chi connectivity index (χ1n) is 15.1. The van der Waals surface area contributed by atoms with E-state index in [-0.39, 0.29) is 11.9 Å². The number of benzene rings is 3. The maximum Gasteiger partial charge on any atom is 0.302 e. The van der Waals surface area contributed by atoms with E-state index in [2.05, 4.69) is 20.5 Å². The van der Waals surface area contributed by atoms with Crippen molar-refractivity contribution in [2.45, 2.75) is 58.8 Å². The first-order valence-corrected chi connectivity index (χ1v) is 15.1. The Bertz CT molecular complexity index is 1330. The highest BCUT2D eigenvalue weighted by Gasteiger charge is 2.03. The Balaban J connectivity index is 1.33. The Kier molecular flexibility index (Phi) is 15.1. The number of nitrogens with zero attached hydrogens (tertiary/aromatic N) is 5. The third kappa shape index (κ3) is 14.0. The van der Waals surface area contributed by atoms with Crippen LogP contribution in [0, 0.1) is 0 Å². The lowest BCUT2D eigenvalue weighted by atomic mass is 10.1. The summed E-state index contributed by atoms with van der Waals surface area (Å²) in [6, 6.07) is 22.7. The maximum absolute atomic E-state index is 10.9. The van der Waals surface area contributed by atoms with E-state index in [1.165, 1.54) is 33.1 Å². The molecule has 0 fully saturated rings. The van der Waals surface area contributed by atoms with Crippen LogP contribution in [0.5, 0.6) is 5.75 Å². The van der Waals surface area contributed by atoms with E-state index in [0.717, 1.165) is 54.2 Å². The molecule has 0 aliphatic heterocycles. The van der Waals surface area contributed by atoms with Crippen LogP contribution in [0.25, 0.3) is 0 Å². The lowest BCUT2D eigenvalue weighted by Gasteiger charge is -2.18. The monoisotopic (exact) mass is 601 g/mol. The topological polar surface area (TPSA) is 115 Å². The Hall–Kier alpha value is -4.60. The van der Waals surface area contributed by atoms with E-state index in [4.69, 9.17) is 14.2 Å². The Morgan fingerprint density at radius 2 is 0.932 bits per heavy atom. The van der Waals surface area contributed by atoms with Crippen LogP contribution in [0.15, 0.2) is 93.3 Å². The molecule has 0 aromatic heterocycles. The fourth-order valence-corrected chi connectivity index (χ4v) is 4.15. The lowest BCUT2D eigenvalue weighted by molar-refractivity contribution is -0.141. The third-order valence-corrected chi connectivity index (χ3v) is 6.63. The molecule has 44 heavy (non-hydrogen) atoms. The maximum atomic E-state index is 10.9. The molecular formula is C34H43N5O5. The normalized spacial score (nSPS) is 11.2. The molecule has 0 atom stereocenters. The van der Waals surface area contributed by atoms with Gasteiger partial charge < -0.3 is 19.1 Å². The molecule has 0 bridgehead atoms. The summed E-state index contributed by atoms with van der Waals surface area (Å²) in [5.74, 6) is 0.343. The fourth-order valence-electron chi connectivity index (χ4n) is 4.15. The highest BCUT2D eigenvalue weighted by Crippen LogP contribution is 2.25. The van der Waals surface area contributed by atoms with E-state index < -0.39 is 0 Å². The van der Waals surface area contributed by atoms with Crippen molar-refractivity contribution in [3.8, 4) is 5.75 Å². The average Bonchev–Trinajstić information content (AvgIpc) is 3.02. The molecule has 0 saturated carbocycles. The van der Waals surface area contributed by atoms with Gasteiger partial charge >= 0.3 is 11.9 Å². The van der Waals surface area contributed by atoms with Crippen molar-refractivity contribution in [1.82, 2.24) is 0 Å². The van der Waals surface area contributed by atoms with Crippen molar-refractivity contribution < 1.29 is 23.8 Å². The molecule has 0 saturated heterocycles. The second kappa shape index (κ2) is 19.6. The SMILES string of the molecule is CC(=O)OCCCCCCCCCOc1ccc(N=Nc2ccc(N=Nc3ccc(N(C)CCOC(C)=O)cc3)cc2)cc1. The molecule has 3 aromatic carbocycles. The number of anilines is 1. The molecule has 3 rings (SSSR count). The minimum atomic E-state index is -0.279. The standard InChI is InChI=1S/C34H43N5O5/c1-27(40)42-24-9-7-5-4-6-8-10-25-44-34-21-17-32(18-22-34)38-36-30-13-11-29(12-14-30)35-37-31-15-19-33(20-16-31)39(3)23-26-43-28(2)41/h11-22H,4-10,23-26H2,1-3H3. The molecule has 10 heteroatoms. The number of likely N-dealkylation sites (N-methyl/N-ethyl adjacent to an activating group) is 1. The van der Waals surface area contributed by atoms with Crippen LogP contribution in [0.4, 0.5) is 28.4 Å². The number of esters is 2. The largest absolute Gasteiger partial charge is 0.494 e. The summed E-state index contributed by atoms with van der Waals surface area (Å²) in [5.41, 5.74) is 3.91. The summed E-state index contributed by atoms with van der Waals surface area (Å²) in [6.07, 6.45) is 7.76. The molecule has 0 N–H and O–H groups in total. The zero-order valence-corrected chi connectivity index (χ0v) is 26.0. The number of unbranched alkanes of at least 4 members (excludes halogenated alkanes) is 6. The fraction of sp³-hybridized carbons (Fsp3) is 0.412. The van der Waals surface area contributed by atoms with Crippen molar-refractivity contribution in [3.05, 3.63) is 72.8 Å². The first kappa shape index (κ1) is 33.9. The zero-order chi connectivity index (χ0) is 31.4.